The van der Waals surface area contributed by atoms with Crippen LogP contribution in [0.3, 0.4) is 0 Å². The third-order valence-corrected chi connectivity index (χ3v) is 3.84. The van der Waals surface area contributed by atoms with Gasteiger partial charge in [0, 0.05) is 11.6 Å². The van der Waals surface area contributed by atoms with Gasteiger partial charge in [0.1, 0.15) is 6.04 Å². The van der Waals surface area contributed by atoms with E-state index < -0.39 is 6.04 Å². The first-order chi connectivity index (χ1) is 10.8. The maximum Gasteiger partial charge on any atom is 0.251 e. The molecule has 0 aliphatic heterocycles. The largest absolute Gasteiger partial charge is 0.352 e. The third kappa shape index (κ3) is 6.85. The van der Waals surface area contributed by atoms with Gasteiger partial charge in [0.15, 0.2) is 0 Å². The van der Waals surface area contributed by atoms with E-state index in [-0.39, 0.29) is 23.8 Å². The van der Waals surface area contributed by atoms with Crippen molar-refractivity contribution in [3.63, 3.8) is 0 Å². The zero-order chi connectivity index (χ0) is 17.4. The van der Waals surface area contributed by atoms with Gasteiger partial charge >= 0.3 is 0 Å². The molecule has 0 unspecified atom stereocenters. The lowest BCUT2D eigenvalue weighted by molar-refractivity contribution is -0.124. The molecule has 2 N–H and O–H groups in total. The molecule has 4 heteroatoms. The van der Waals surface area contributed by atoms with Gasteiger partial charge in [0.25, 0.3) is 5.91 Å². The highest BCUT2D eigenvalue weighted by Gasteiger charge is 2.25. The predicted molar refractivity (Wildman–Crippen MR) is 94.2 cm³/mol. The van der Waals surface area contributed by atoms with Crippen LogP contribution in [-0.2, 0) is 4.79 Å². The molecular weight excluding hydrogens is 288 g/mol. The Morgan fingerprint density at radius 1 is 0.913 bits per heavy atom. The first-order valence-corrected chi connectivity index (χ1v) is 8.47. The summed E-state index contributed by atoms with van der Waals surface area (Å²) in [6.07, 6.45) is 2.02. The van der Waals surface area contributed by atoms with Crippen molar-refractivity contribution >= 4 is 11.8 Å². The third-order valence-electron chi connectivity index (χ3n) is 3.84. The van der Waals surface area contributed by atoms with E-state index in [9.17, 15) is 9.59 Å². The quantitative estimate of drug-likeness (QED) is 0.772. The highest BCUT2D eigenvalue weighted by Crippen LogP contribution is 2.09. The Morgan fingerprint density at radius 3 is 2.04 bits per heavy atom. The van der Waals surface area contributed by atoms with Gasteiger partial charge < -0.3 is 10.6 Å². The second-order valence-corrected chi connectivity index (χ2v) is 6.94. The summed E-state index contributed by atoms with van der Waals surface area (Å²) in [6.45, 7) is 10.2. The smallest absolute Gasteiger partial charge is 0.251 e. The van der Waals surface area contributed by atoms with E-state index in [1.54, 1.807) is 12.1 Å². The monoisotopic (exact) mass is 318 g/mol. The van der Waals surface area contributed by atoms with Gasteiger partial charge in [-0.25, -0.2) is 0 Å². The van der Waals surface area contributed by atoms with Crippen LogP contribution in [0.15, 0.2) is 30.3 Å². The van der Waals surface area contributed by atoms with E-state index in [1.807, 2.05) is 39.0 Å². The van der Waals surface area contributed by atoms with Crippen LogP contribution in [-0.4, -0.2) is 23.9 Å². The van der Waals surface area contributed by atoms with E-state index in [2.05, 4.69) is 24.5 Å². The van der Waals surface area contributed by atoms with Crippen LogP contribution < -0.4 is 10.6 Å². The molecule has 0 spiro atoms. The number of benzene rings is 1. The minimum Gasteiger partial charge on any atom is -0.352 e. The molecule has 0 saturated heterocycles. The first-order valence-electron chi connectivity index (χ1n) is 8.47. The maximum atomic E-state index is 12.5. The molecule has 0 aromatic heterocycles. The lowest BCUT2D eigenvalue weighted by Crippen LogP contribution is -2.51. The van der Waals surface area contributed by atoms with Gasteiger partial charge in [0.2, 0.25) is 5.91 Å². The van der Waals surface area contributed by atoms with Gasteiger partial charge in [-0.15, -0.1) is 0 Å². The summed E-state index contributed by atoms with van der Waals surface area (Å²) in [7, 11) is 0. The van der Waals surface area contributed by atoms with Crippen molar-refractivity contribution in [3.05, 3.63) is 35.9 Å². The van der Waals surface area contributed by atoms with Crippen molar-refractivity contribution in [2.24, 2.45) is 11.8 Å². The average Bonchev–Trinajstić information content (AvgIpc) is 2.50. The normalized spacial score (nSPS) is 13.7. The van der Waals surface area contributed by atoms with Crippen molar-refractivity contribution in [1.82, 2.24) is 10.6 Å². The van der Waals surface area contributed by atoms with Crippen LogP contribution in [0.5, 0.6) is 0 Å². The maximum absolute atomic E-state index is 12.5. The molecule has 0 fully saturated rings. The molecule has 2 amide bonds. The molecule has 0 aliphatic rings. The van der Waals surface area contributed by atoms with E-state index >= 15 is 0 Å². The van der Waals surface area contributed by atoms with Crippen molar-refractivity contribution in [3.8, 4) is 0 Å². The highest BCUT2D eigenvalue weighted by molar-refractivity contribution is 5.97. The summed E-state index contributed by atoms with van der Waals surface area (Å²) < 4.78 is 0. The number of amides is 2. The minimum absolute atomic E-state index is 0.0277. The highest BCUT2D eigenvalue weighted by atomic mass is 16.2. The molecule has 0 saturated carbocycles. The number of nitrogens with one attached hydrogen (secondary N) is 2. The Morgan fingerprint density at radius 2 is 1.52 bits per heavy atom. The van der Waals surface area contributed by atoms with Crippen LogP contribution in [0.25, 0.3) is 0 Å². The number of rotatable bonds is 8. The van der Waals surface area contributed by atoms with Gasteiger partial charge in [-0.3, -0.25) is 9.59 Å². The molecule has 1 rings (SSSR count). The average molecular weight is 318 g/mol. The lowest BCUT2D eigenvalue weighted by atomic mass is 10.0. The van der Waals surface area contributed by atoms with Crippen LogP contribution in [0.1, 0.15) is 57.8 Å². The van der Waals surface area contributed by atoms with Gasteiger partial charge in [-0.2, -0.15) is 0 Å². The van der Waals surface area contributed by atoms with Crippen LogP contribution in [0.2, 0.25) is 0 Å². The molecule has 0 aliphatic carbocycles. The second-order valence-electron chi connectivity index (χ2n) is 6.94. The number of carbonyl (C=O) groups excluding carboxylic acids is 2. The molecule has 4 nitrogen and oxygen atoms in total. The molecule has 0 radical (unpaired) electrons. The minimum atomic E-state index is -0.524. The van der Waals surface area contributed by atoms with Crippen LogP contribution in [0, 0.1) is 11.8 Å². The summed E-state index contributed by atoms with van der Waals surface area (Å²) in [5, 5.41) is 5.87. The van der Waals surface area contributed by atoms with Crippen LogP contribution >= 0.6 is 0 Å². The van der Waals surface area contributed by atoms with E-state index in [0.717, 1.165) is 12.8 Å². The molecule has 1 aromatic carbocycles. The molecule has 23 heavy (non-hydrogen) atoms. The molecule has 0 bridgehead atoms. The van der Waals surface area contributed by atoms with Crippen molar-refractivity contribution in [2.45, 2.75) is 59.5 Å². The molecule has 0 heterocycles. The molecule has 2 atom stereocenters. The number of hydrogen-bond acceptors (Lipinski definition) is 2. The summed E-state index contributed by atoms with van der Waals surface area (Å²) in [6, 6.07) is 8.57. The Kier molecular flexibility index (Phi) is 7.79. The van der Waals surface area contributed by atoms with Gasteiger partial charge in [-0.05, 0) is 43.7 Å². The van der Waals surface area contributed by atoms with Crippen molar-refractivity contribution in [2.75, 3.05) is 0 Å². The topological polar surface area (TPSA) is 58.2 Å². The summed E-state index contributed by atoms with van der Waals surface area (Å²) >= 11 is 0. The van der Waals surface area contributed by atoms with Crippen LogP contribution in [0.4, 0.5) is 0 Å². The Bertz CT molecular complexity index is 497. The predicted octanol–water partition coefficient (Wildman–Crippen LogP) is 3.38. The van der Waals surface area contributed by atoms with E-state index in [1.165, 1.54) is 0 Å². The Balaban J connectivity index is 2.63. The number of hydrogen-bond donors (Lipinski definition) is 2. The fourth-order valence-electron chi connectivity index (χ4n) is 2.34. The second kappa shape index (κ2) is 9.33. The van der Waals surface area contributed by atoms with E-state index in [4.69, 9.17) is 0 Å². The summed E-state index contributed by atoms with van der Waals surface area (Å²) in [5.41, 5.74) is 0.568. The van der Waals surface area contributed by atoms with Crippen molar-refractivity contribution < 1.29 is 9.59 Å². The zero-order valence-corrected chi connectivity index (χ0v) is 14.9. The summed E-state index contributed by atoms with van der Waals surface area (Å²) in [4.78, 5) is 24.8. The molecule has 1 aromatic rings. The summed E-state index contributed by atoms with van der Waals surface area (Å²) in [5.74, 6) is 0.322. The molecule has 128 valence electrons. The Labute approximate surface area is 140 Å². The zero-order valence-electron chi connectivity index (χ0n) is 14.9. The SMILES string of the molecule is CC(C)CC[C@@H](C)NC(=O)[C@@H](NC(=O)c1ccccc1)C(C)C. The standard InChI is InChI=1S/C19H30N2O2/c1-13(2)11-12-15(5)20-19(23)17(14(3)4)21-18(22)16-9-7-6-8-10-16/h6-10,13-15,17H,11-12H2,1-5H3,(H,20,23)(H,21,22)/t15-,17+/m1/s1. The van der Waals surface area contributed by atoms with Gasteiger partial charge in [0.05, 0.1) is 0 Å². The van der Waals surface area contributed by atoms with E-state index in [0.29, 0.717) is 11.5 Å². The first kappa shape index (κ1) is 19.2. The molecular formula is C19H30N2O2. The lowest BCUT2D eigenvalue weighted by Gasteiger charge is -2.24. The Hall–Kier alpha value is -1.84. The fraction of sp³-hybridized carbons (Fsp3) is 0.579. The van der Waals surface area contributed by atoms with Crippen molar-refractivity contribution in [1.29, 1.82) is 0 Å². The number of carbonyl (C=O) groups is 2. The fourth-order valence-corrected chi connectivity index (χ4v) is 2.34. The van der Waals surface area contributed by atoms with Gasteiger partial charge in [-0.1, -0.05) is 45.9 Å².